The van der Waals surface area contributed by atoms with E-state index >= 15 is 0 Å². The molecule has 0 aliphatic carbocycles. The first kappa shape index (κ1) is 12.5. The zero-order valence-electron chi connectivity index (χ0n) is 8.47. The van der Waals surface area contributed by atoms with Crippen molar-refractivity contribution in [3.05, 3.63) is 35.1 Å². The maximum atomic E-state index is 13.2. The van der Waals surface area contributed by atoms with E-state index in [1.54, 1.807) is 6.92 Å². The summed E-state index contributed by atoms with van der Waals surface area (Å²) in [5.41, 5.74) is 4.91. The van der Waals surface area contributed by atoms with E-state index in [0.29, 0.717) is 12.1 Å². The van der Waals surface area contributed by atoms with Crippen LogP contribution in [-0.2, 0) is 9.53 Å². The van der Waals surface area contributed by atoms with Crippen molar-refractivity contribution >= 4 is 5.97 Å². The molecule has 0 aromatic heterocycles. The minimum Gasteiger partial charge on any atom is -0.465 e. The first-order chi connectivity index (χ1) is 7.47. The molecule has 0 amide bonds. The van der Waals surface area contributed by atoms with Crippen LogP contribution in [-0.4, -0.2) is 12.6 Å². The highest BCUT2D eigenvalue weighted by Crippen LogP contribution is 2.19. The predicted octanol–water partition coefficient (Wildman–Crippen LogP) is 1.67. The summed E-state index contributed by atoms with van der Waals surface area (Å²) >= 11 is 0. The van der Waals surface area contributed by atoms with Crippen molar-refractivity contribution in [2.75, 3.05) is 6.61 Å². The second-order valence-corrected chi connectivity index (χ2v) is 3.02. The van der Waals surface area contributed by atoms with Crippen molar-refractivity contribution in [1.82, 2.24) is 0 Å². The van der Waals surface area contributed by atoms with E-state index in [2.05, 4.69) is 4.74 Å². The van der Waals surface area contributed by atoms with Crippen molar-refractivity contribution in [2.45, 2.75) is 13.0 Å². The molecule has 0 fully saturated rings. The fourth-order valence-electron chi connectivity index (χ4n) is 1.14. The molecule has 1 aromatic carbocycles. The molecule has 1 aromatic rings. The van der Waals surface area contributed by atoms with Crippen molar-refractivity contribution < 1.29 is 22.7 Å². The summed E-state index contributed by atoms with van der Waals surface area (Å²) in [5.74, 6) is -4.58. The lowest BCUT2D eigenvalue weighted by atomic mass is 10.1. The monoisotopic (exact) mass is 233 g/mol. The van der Waals surface area contributed by atoms with Gasteiger partial charge >= 0.3 is 5.97 Å². The maximum absolute atomic E-state index is 13.2. The van der Waals surface area contributed by atoms with Crippen LogP contribution in [0.5, 0.6) is 0 Å². The molecule has 0 radical (unpaired) electrons. The smallest absolute Gasteiger partial charge is 0.327 e. The summed E-state index contributed by atoms with van der Waals surface area (Å²) < 4.78 is 43.1. The lowest BCUT2D eigenvalue weighted by Gasteiger charge is -2.11. The highest BCUT2D eigenvalue weighted by molar-refractivity contribution is 5.77. The number of ether oxygens (including phenoxy) is 1. The topological polar surface area (TPSA) is 52.3 Å². The van der Waals surface area contributed by atoms with Crippen LogP contribution in [0.4, 0.5) is 13.2 Å². The first-order valence-corrected chi connectivity index (χ1v) is 4.54. The number of rotatable bonds is 3. The van der Waals surface area contributed by atoms with E-state index in [1.165, 1.54) is 0 Å². The summed E-state index contributed by atoms with van der Waals surface area (Å²) in [7, 11) is 0. The zero-order valence-corrected chi connectivity index (χ0v) is 8.47. The van der Waals surface area contributed by atoms with E-state index in [1.807, 2.05) is 0 Å². The molecule has 0 heterocycles. The Balaban J connectivity index is 3.04. The Bertz CT molecular complexity index is 409. The molecule has 1 rings (SSSR count). The van der Waals surface area contributed by atoms with Crippen LogP contribution in [0.3, 0.4) is 0 Å². The van der Waals surface area contributed by atoms with Crippen molar-refractivity contribution in [1.29, 1.82) is 0 Å². The molecule has 0 spiro atoms. The standard InChI is InChI=1S/C10H10F3NO2/c1-2-16-10(15)9(14)5-3-7(12)8(13)4-6(5)11/h3-4,9H,2,14H2,1H3. The molecule has 0 saturated heterocycles. The van der Waals surface area contributed by atoms with Gasteiger partial charge in [-0.2, -0.15) is 0 Å². The van der Waals surface area contributed by atoms with Gasteiger partial charge in [0.2, 0.25) is 0 Å². The molecule has 1 atom stereocenters. The van der Waals surface area contributed by atoms with Crippen LogP contribution < -0.4 is 5.73 Å². The molecule has 16 heavy (non-hydrogen) atoms. The lowest BCUT2D eigenvalue weighted by molar-refractivity contribution is -0.144. The summed E-state index contributed by atoms with van der Waals surface area (Å²) in [6.45, 7) is 1.62. The summed E-state index contributed by atoms with van der Waals surface area (Å²) in [4.78, 5) is 11.2. The Kier molecular flexibility index (Phi) is 3.89. The molecule has 0 bridgehead atoms. The minimum absolute atomic E-state index is 0.0673. The minimum atomic E-state index is -1.46. The first-order valence-electron chi connectivity index (χ1n) is 4.54. The van der Waals surface area contributed by atoms with Gasteiger partial charge < -0.3 is 10.5 Å². The van der Waals surface area contributed by atoms with Crippen LogP contribution in [0.2, 0.25) is 0 Å². The molecule has 0 saturated carbocycles. The zero-order chi connectivity index (χ0) is 12.3. The third-order valence-corrected chi connectivity index (χ3v) is 1.92. The molecule has 0 aliphatic heterocycles. The Hall–Kier alpha value is -1.56. The van der Waals surface area contributed by atoms with E-state index < -0.39 is 35.0 Å². The SMILES string of the molecule is CCOC(=O)C(N)c1cc(F)c(F)cc1F. The van der Waals surface area contributed by atoms with Crippen molar-refractivity contribution in [3.63, 3.8) is 0 Å². The van der Waals surface area contributed by atoms with Gasteiger partial charge in [0.15, 0.2) is 11.6 Å². The molecule has 2 N–H and O–H groups in total. The fourth-order valence-corrected chi connectivity index (χ4v) is 1.14. The van der Waals surface area contributed by atoms with Crippen LogP contribution >= 0.6 is 0 Å². The van der Waals surface area contributed by atoms with Crippen LogP contribution in [0.15, 0.2) is 12.1 Å². The van der Waals surface area contributed by atoms with Gasteiger partial charge in [-0.1, -0.05) is 0 Å². The quantitative estimate of drug-likeness (QED) is 0.638. The molecule has 3 nitrogen and oxygen atoms in total. The number of nitrogens with two attached hydrogens (primary N) is 1. The predicted molar refractivity (Wildman–Crippen MR) is 49.9 cm³/mol. The fraction of sp³-hybridized carbons (Fsp3) is 0.300. The second-order valence-electron chi connectivity index (χ2n) is 3.02. The van der Waals surface area contributed by atoms with E-state index in [9.17, 15) is 18.0 Å². The number of hydrogen-bond acceptors (Lipinski definition) is 3. The third kappa shape index (κ3) is 2.52. The van der Waals surface area contributed by atoms with Crippen LogP contribution in [0.1, 0.15) is 18.5 Å². The molecule has 0 aliphatic rings. The van der Waals surface area contributed by atoms with Gasteiger partial charge in [0, 0.05) is 11.6 Å². The van der Waals surface area contributed by atoms with Gasteiger partial charge in [0.25, 0.3) is 0 Å². The van der Waals surface area contributed by atoms with Gasteiger partial charge in [0.1, 0.15) is 11.9 Å². The highest BCUT2D eigenvalue weighted by Gasteiger charge is 2.22. The largest absolute Gasteiger partial charge is 0.465 e. The van der Waals surface area contributed by atoms with Gasteiger partial charge in [-0.05, 0) is 13.0 Å². The number of carbonyl (C=O) groups is 1. The molecule has 6 heteroatoms. The maximum Gasteiger partial charge on any atom is 0.327 e. The van der Waals surface area contributed by atoms with Gasteiger partial charge in [-0.15, -0.1) is 0 Å². The molecular formula is C10H10F3NO2. The number of hydrogen-bond donors (Lipinski definition) is 1. The number of carbonyl (C=O) groups excluding carboxylic acids is 1. The average Bonchev–Trinajstić information content (AvgIpc) is 2.23. The second kappa shape index (κ2) is 4.98. The number of halogens is 3. The molecule has 1 unspecified atom stereocenters. The average molecular weight is 233 g/mol. The highest BCUT2D eigenvalue weighted by atomic mass is 19.2. The Labute approximate surface area is 90.0 Å². The van der Waals surface area contributed by atoms with E-state index in [4.69, 9.17) is 5.73 Å². The summed E-state index contributed by atoms with van der Waals surface area (Å²) in [5, 5.41) is 0. The van der Waals surface area contributed by atoms with E-state index in [-0.39, 0.29) is 6.61 Å². The molecular weight excluding hydrogens is 223 g/mol. The van der Waals surface area contributed by atoms with Gasteiger partial charge in [0.05, 0.1) is 6.61 Å². The molecule has 88 valence electrons. The Morgan fingerprint density at radius 3 is 2.44 bits per heavy atom. The van der Waals surface area contributed by atoms with Crippen LogP contribution in [0.25, 0.3) is 0 Å². The van der Waals surface area contributed by atoms with Crippen molar-refractivity contribution in [3.8, 4) is 0 Å². The van der Waals surface area contributed by atoms with E-state index in [0.717, 1.165) is 0 Å². The number of benzene rings is 1. The lowest BCUT2D eigenvalue weighted by Crippen LogP contribution is -2.25. The normalized spacial score (nSPS) is 12.3. The Morgan fingerprint density at radius 1 is 1.31 bits per heavy atom. The van der Waals surface area contributed by atoms with Crippen LogP contribution in [0, 0.1) is 17.5 Å². The van der Waals surface area contributed by atoms with Gasteiger partial charge in [-0.3, -0.25) is 0 Å². The van der Waals surface area contributed by atoms with Crippen molar-refractivity contribution in [2.24, 2.45) is 5.73 Å². The summed E-state index contributed by atoms with van der Waals surface area (Å²) in [6, 6.07) is -0.578. The Morgan fingerprint density at radius 2 is 1.88 bits per heavy atom. The third-order valence-electron chi connectivity index (χ3n) is 1.92. The summed E-state index contributed by atoms with van der Waals surface area (Å²) in [6.07, 6.45) is 0. The van der Waals surface area contributed by atoms with Gasteiger partial charge in [-0.25, -0.2) is 18.0 Å². The number of esters is 1.